The second kappa shape index (κ2) is 10.3. The van der Waals surface area contributed by atoms with E-state index in [2.05, 4.69) is 89.4 Å². The largest absolute Gasteiger partial charge is 0.489 e. The molecule has 0 amide bonds. The van der Waals surface area contributed by atoms with Crippen LogP contribution < -0.4 is 19.9 Å². The second-order valence-corrected chi connectivity index (χ2v) is 9.10. The maximum atomic E-state index is 5.91. The number of nitrogens with one attached hydrogen (secondary N) is 1. The van der Waals surface area contributed by atoms with Crippen molar-refractivity contribution in [3.8, 4) is 5.75 Å². The minimum absolute atomic E-state index is 0.593. The molecule has 171 valence electrons. The number of hydrogen-bond acceptors (Lipinski definition) is 4. The standard InChI is InChI=1S/C29H34N3O/c1-2-31-22-32(29-11-7-6-10-28(29)31)26-16-14-25(15-17-26)30-20-23-12-18-27(19-13-23)33-21-24-8-4-3-5-9-24/h3-13,18-19,22,25-26,30H,2,14-17,20-21H2,1H3. The fourth-order valence-electron chi connectivity index (χ4n) is 5.01. The topological polar surface area (TPSA) is 27.7 Å². The van der Waals surface area contributed by atoms with Crippen LogP contribution in [0.4, 0.5) is 11.4 Å². The van der Waals surface area contributed by atoms with Gasteiger partial charge in [-0.25, -0.2) is 0 Å². The van der Waals surface area contributed by atoms with Crippen molar-refractivity contribution < 1.29 is 4.74 Å². The molecule has 1 heterocycles. The summed E-state index contributed by atoms with van der Waals surface area (Å²) >= 11 is 0. The van der Waals surface area contributed by atoms with Crippen molar-refractivity contribution in [1.82, 2.24) is 5.32 Å². The summed E-state index contributed by atoms with van der Waals surface area (Å²) in [6.45, 7) is 7.08. The maximum Gasteiger partial charge on any atom is 0.142 e. The van der Waals surface area contributed by atoms with Crippen molar-refractivity contribution in [2.24, 2.45) is 0 Å². The number of nitrogens with zero attached hydrogens (tertiary/aromatic N) is 2. The minimum atomic E-state index is 0.593. The van der Waals surface area contributed by atoms with Gasteiger partial charge in [0.05, 0.1) is 11.4 Å². The van der Waals surface area contributed by atoms with Crippen molar-refractivity contribution in [1.29, 1.82) is 0 Å². The van der Waals surface area contributed by atoms with Crippen molar-refractivity contribution in [2.75, 3.05) is 16.3 Å². The molecular weight excluding hydrogens is 406 g/mol. The van der Waals surface area contributed by atoms with Crippen molar-refractivity contribution >= 4 is 11.4 Å². The monoisotopic (exact) mass is 440 g/mol. The molecule has 3 aromatic rings. The quantitative estimate of drug-likeness (QED) is 0.456. The van der Waals surface area contributed by atoms with Crippen LogP contribution in [0.25, 0.3) is 0 Å². The number of benzene rings is 3. The molecule has 4 nitrogen and oxygen atoms in total. The molecule has 1 aliphatic heterocycles. The van der Waals surface area contributed by atoms with Crippen molar-refractivity contribution in [3.05, 3.63) is 96.7 Å². The highest BCUT2D eigenvalue weighted by molar-refractivity contribution is 5.78. The Hall–Kier alpha value is -2.98. The summed E-state index contributed by atoms with van der Waals surface area (Å²) in [5, 5.41) is 3.79. The Balaban J connectivity index is 1.08. The Kier molecular flexibility index (Phi) is 6.82. The molecule has 0 unspecified atom stereocenters. The Bertz CT molecular complexity index is 1010. The summed E-state index contributed by atoms with van der Waals surface area (Å²) in [5.74, 6) is 0.923. The first-order valence-corrected chi connectivity index (χ1v) is 12.3. The van der Waals surface area contributed by atoms with E-state index in [1.165, 1.54) is 48.2 Å². The zero-order valence-corrected chi connectivity index (χ0v) is 19.5. The highest BCUT2D eigenvalue weighted by atomic mass is 16.5. The van der Waals surface area contributed by atoms with Crippen LogP contribution in [-0.4, -0.2) is 18.6 Å². The predicted octanol–water partition coefficient (Wildman–Crippen LogP) is 6.13. The van der Waals surface area contributed by atoms with E-state index in [0.717, 1.165) is 18.8 Å². The second-order valence-electron chi connectivity index (χ2n) is 9.10. The van der Waals surface area contributed by atoms with E-state index in [9.17, 15) is 0 Å². The van der Waals surface area contributed by atoms with Gasteiger partial charge in [-0.3, -0.25) is 0 Å². The average Bonchev–Trinajstić information content (AvgIpc) is 3.27. The van der Waals surface area contributed by atoms with Crippen LogP contribution in [-0.2, 0) is 13.2 Å². The Morgan fingerprint density at radius 1 is 0.788 bits per heavy atom. The fourth-order valence-corrected chi connectivity index (χ4v) is 5.01. The molecule has 0 spiro atoms. The Morgan fingerprint density at radius 3 is 2.21 bits per heavy atom. The summed E-state index contributed by atoms with van der Waals surface area (Å²) in [6, 6.07) is 28.8. The SMILES string of the molecule is CCN1[CH]N(C2CCC(NCc3ccc(OCc4ccccc4)cc3)CC2)c2ccccc21. The summed E-state index contributed by atoms with van der Waals surface area (Å²) in [7, 11) is 0. The predicted molar refractivity (Wildman–Crippen MR) is 136 cm³/mol. The van der Waals surface area contributed by atoms with Gasteiger partial charge in [-0.05, 0) is 68.0 Å². The van der Waals surface area contributed by atoms with Crippen LogP contribution in [0.1, 0.15) is 43.7 Å². The van der Waals surface area contributed by atoms with Gasteiger partial charge in [0, 0.05) is 25.2 Å². The molecule has 5 rings (SSSR count). The van der Waals surface area contributed by atoms with Crippen LogP contribution in [0.15, 0.2) is 78.9 Å². The number of rotatable bonds is 8. The normalized spacial score (nSPS) is 20.0. The molecule has 1 aliphatic carbocycles. The first-order chi connectivity index (χ1) is 16.3. The van der Waals surface area contributed by atoms with Crippen LogP contribution in [0, 0.1) is 6.67 Å². The van der Waals surface area contributed by atoms with E-state index in [-0.39, 0.29) is 0 Å². The lowest BCUT2D eigenvalue weighted by molar-refractivity contribution is 0.306. The van der Waals surface area contributed by atoms with Gasteiger partial charge in [0.1, 0.15) is 19.0 Å². The number of hydrogen-bond donors (Lipinski definition) is 1. The zero-order chi connectivity index (χ0) is 22.5. The minimum Gasteiger partial charge on any atom is -0.489 e. The molecule has 3 aromatic carbocycles. The molecule has 0 saturated heterocycles. The van der Waals surface area contributed by atoms with E-state index in [1.54, 1.807) is 0 Å². The smallest absolute Gasteiger partial charge is 0.142 e. The van der Waals surface area contributed by atoms with Gasteiger partial charge >= 0.3 is 0 Å². The number of ether oxygens (including phenoxy) is 1. The summed E-state index contributed by atoms with van der Waals surface area (Å²) < 4.78 is 5.91. The first kappa shape index (κ1) is 21.8. The highest BCUT2D eigenvalue weighted by Gasteiger charge is 2.33. The molecule has 33 heavy (non-hydrogen) atoms. The Labute approximate surface area is 198 Å². The van der Waals surface area contributed by atoms with Gasteiger partial charge in [-0.15, -0.1) is 0 Å². The summed E-state index contributed by atoms with van der Waals surface area (Å²) in [6.07, 6.45) is 4.90. The van der Waals surface area contributed by atoms with E-state index in [1.807, 2.05) is 18.2 Å². The van der Waals surface area contributed by atoms with Gasteiger partial charge in [-0.2, -0.15) is 0 Å². The van der Waals surface area contributed by atoms with E-state index in [4.69, 9.17) is 4.74 Å². The van der Waals surface area contributed by atoms with Crippen LogP contribution in [0.5, 0.6) is 5.75 Å². The molecule has 1 fully saturated rings. The zero-order valence-electron chi connectivity index (χ0n) is 19.5. The lowest BCUT2D eigenvalue weighted by Gasteiger charge is -2.36. The third kappa shape index (κ3) is 5.17. The third-order valence-electron chi connectivity index (χ3n) is 6.93. The molecule has 0 bridgehead atoms. The first-order valence-electron chi connectivity index (χ1n) is 12.3. The van der Waals surface area contributed by atoms with E-state index < -0.39 is 0 Å². The van der Waals surface area contributed by atoms with Crippen LogP contribution in [0.3, 0.4) is 0 Å². The lowest BCUT2D eigenvalue weighted by atomic mass is 9.90. The average molecular weight is 441 g/mol. The number of fused-ring (bicyclic) bond motifs is 1. The van der Waals surface area contributed by atoms with Gasteiger partial charge in [-0.1, -0.05) is 54.6 Å². The van der Waals surface area contributed by atoms with Crippen molar-refractivity contribution in [2.45, 2.75) is 57.8 Å². The van der Waals surface area contributed by atoms with Gasteiger partial charge in [0.15, 0.2) is 0 Å². The molecule has 1 radical (unpaired) electrons. The molecule has 0 aromatic heterocycles. The van der Waals surface area contributed by atoms with Crippen LogP contribution in [0.2, 0.25) is 0 Å². The third-order valence-corrected chi connectivity index (χ3v) is 6.93. The molecule has 4 heteroatoms. The molecule has 2 aliphatic rings. The molecule has 1 N–H and O–H groups in total. The van der Waals surface area contributed by atoms with Crippen LogP contribution >= 0.6 is 0 Å². The van der Waals surface area contributed by atoms with Gasteiger partial charge in [0.25, 0.3) is 0 Å². The fraction of sp³-hybridized carbons (Fsp3) is 0.345. The van der Waals surface area contributed by atoms with Gasteiger partial charge < -0.3 is 19.9 Å². The number of anilines is 2. The highest BCUT2D eigenvalue weighted by Crippen LogP contribution is 2.41. The molecule has 0 atom stereocenters. The van der Waals surface area contributed by atoms with E-state index in [0.29, 0.717) is 18.7 Å². The maximum absolute atomic E-state index is 5.91. The van der Waals surface area contributed by atoms with E-state index >= 15 is 0 Å². The summed E-state index contributed by atoms with van der Waals surface area (Å²) in [5.41, 5.74) is 5.21. The molecule has 1 saturated carbocycles. The lowest BCUT2D eigenvalue weighted by Crippen LogP contribution is -2.41. The molecular formula is C29H34N3O. The summed E-state index contributed by atoms with van der Waals surface area (Å²) in [4.78, 5) is 4.89. The van der Waals surface area contributed by atoms with Crippen molar-refractivity contribution in [3.63, 3.8) is 0 Å². The Morgan fingerprint density at radius 2 is 1.48 bits per heavy atom. The van der Waals surface area contributed by atoms with Gasteiger partial charge in [0.2, 0.25) is 0 Å². The number of para-hydroxylation sites is 2.